The molecule has 1 aromatic rings. The summed E-state index contributed by atoms with van der Waals surface area (Å²) in [5.41, 5.74) is 23.9. The smallest absolute Gasteiger partial charge is 0.325 e. The second-order valence-electron chi connectivity index (χ2n) is 27.9. The number of unbranched alkanes of at least 4 members (excludes halogenated alkanes) is 3. The molecule has 0 unspecified atom stereocenters. The van der Waals surface area contributed by atoms with Crippen molar-refractivity contribution in [3.05, 3.63) is 18.2 Å². The number of rotatable bonds is 49. The Hall–Kier alpha value is -7.35. The van der Waals surface area contributed by atoms with E-state index in [1.807, 2.05) is 41.5 Å². The Balaban J connectivity index is 3.66. The molecule has 0 radical (unpaired) electrons. The molecule has 97 heavy (non-hydrogen) atoms. The van der Waals surface area contributed by atoms with Gasteiger partial charge in [0.15, 0.2) is 0 Å². The van der Waals surface area contributed by atoms with Gasteiger partial charge in [0, 0.05) is 18.3 Å². The fourth-order valence-corrected chi connectivity index (χ4v) is 10.5. The molecule has 31 nitrogen and oxygen atoms in total. The molecule has 13 atom stereocenters. The molecule has 22 N–H and O–H groups in total. The highest BCUT2D eigenvalue weighted by atomic mass is 16.4. The molecule has 0 saturated carbocycles. The average molecular weight is 1380 g/mol. The molecule has 1 aromatic heterocycles. The topological polar surface area (TPSA) is 510 Å². The number of aliphatic carboxylic acids is 1. The number of nitrogens with zero attached hydrogens (tertiary/aromatic N) is 1. The Bertz CT molecular complexity index is 2620. The first-order valence-corrected chi connectivity index (χ1v) is 34.5. The van der Waals surface area contributed by atoms with E-state index in [1.54, 1.807) is 41.5 Å². The minimum atomic E-state index is -1.65. The van der Waals surface area contributed by atoms with Crippen molar-refractivity contribution < 1.29 is 67.7 Å². The zero-order valence-corrected chi connectivity index (χ0v) is 59.9. The zero-order chi connectivity index (χ0) is 73.8. The van der Waals surface area contributed by atoms with Crippen molar-refractivity contribution >= 4 is 70.9 Å². The molecule has 1 heterocycles. The molecule has 0 fully saturated rings. The molecule has 0 aliphatic heterocycles. The van der Waals surface area contributed by atoms with Crippen LogP contribution in [0.3, 0.4) is 0 Å². The van der Waals surface area contributed by atoms with Gasteiger partial charge in [-0.1, -0.05) is 89.5 Å². The highest BCUT2D eigenvalue weighted by molar-refractivity contribution is 5.99. The number of aliphatic hydroxyl groups excluding tert-OH is 1. The van der Waals surface area contributed by atoms with E-state index in [2.05, 4.69) is 68.5 Å². The van der Waals surface area contributed by atoms with Gasteiger partial charge in [0.2, 0.25) is 65.0 Å². The van der Waals surface area contributed by atoms with Crippen molar-refractivity contribution in [1.82, 2.24) is 68.5 Å². The van der Waals surface area contributed by atoms with E-state index in [-0.39, 0.29) is 94.0 Å². The number of aromatic nitrogens is 2. The average Bonchev–Trinajstić information content (AvgIpc) is 1.24. The highest BCUT2D eigenvalue weighted by Gasteiger charge is 2.39. The van der Waals surface area contributed by atoms with Crippen molar-refractivity contribution in [3.8, 4) is 0 Å². The van der Waals surface area contributed by atoms with Crippen molar-refractivity contribution in [1.29, 1.82) is 0 Å². The Morgan fingerprint density at radius 2 is 0.691 bits per heavy atom. The fraction of sp³-hybridized carbons (Fsp3) is 0.773. The van der Waals surface area contributed by atoms with Crippen molar-refractivity contribution in [2.75, 3.05) is 19.6 Å². The minimum absolute atomic E-state index is 0.0219. The number of nitrogens with two attached hydrogens (primary N) is 4. The molecule has 0 saturated heterocycles. The number of imidazole rings is 1. The Labute approximate surface area is 573 Å². The van der Waals surface area contributed by atoms with Crippen LogP contribution in [0.5, 0.6) is 0 Å². The molecule has 31 heteroatoms. The largest absolute Gasteiger partial charge is 0.480 e. The molecule has 0 bridgehead atoms. The predicted molar refractivity (Wildman–Crippen MR) is 367 cm³/mol. The van der Waals surface area contributed by atoms with Crippen LogP contribution in [0.15, 0.2) is 12.5 Å². The summed E-state index contributed by atoms with van der Waals surface area (Å²) in [4.78, 5) is 174. The van der Waals surface area contributed by atoms with Crippen LogP contribution in [0.1, 0.15) is 193 Å². The summed E-state index contributed by atoms with van der Waals surface area (Å²) in [6.45, 7) is 24.9. The van der Waals surface area contributed by atoms with Crippen LogP contribution in [0.25, 0.3) is 0 Å². The van der Waals surface area contributed by atoms with Crippen LogP contribution in [0.4, 0.5) is 0 Å². The Morgan fingerprint density at radius 3 is 1.03 bits per heavy atom. The standard InChI is InChI=1S/C66H121N17O14/c1-35(2)27-47(58(88)73-41(13)66(96)97)81-65(95)54(42(14)84)83-64(94)53(40(11)12)82-63(93)51(31-39(9)10)79-61(91)50(30-38(7)8)77-56(86)45(22-16-19-25-68)75-62(92)52(32-43-33-71-34-72-43)80-57(87)46(23-17-20-26-69)74-59(89)49(29-37(5)6)78-60(90)48(28-36(3)4)76-55(85)44(70)21-15-18-24-67/h33-42,44-54,84H,15-32,67-70H2,1-14H3,(H,71,72)(H,73,88)(H,74,89)(H,75,92)(H,76,85)(H,77,86)(H,78,90)(H,79,91)(H,80,87)(H,81,95)(H,82,93)(H,83,94)(H,96,97)/t41-,42+,44-,45-,46-,47-,48-,49-,50-,51-,52-,53-,54-/m0/s1. The van der Waals surface area contributed by atoms with Gasteiger partial charge in [-0.15, -0.1) is 0 Å². The summed E-state index contributed by atoms with van der Waals surface area (Å²) in [6.07, 6.45) is 4.99. The molecule has 0 aliphatic rings. The van der Waals surface area contributed by atoms with Gasteiger partial charge in [0.05, 0.1) is 18.5 Å². The summed E-state index contributed by atoms with van der Waals surface area (Å²) in [6, 6.07) is -15.3. The van der Waals surface area contributed by atoms with Crippen LogP contribution < -0.4 is 81.4 Å². The molecule has 0 aliphatic carbocycles. The lowest BCUT2D eigenvalue weighted by Gasteiger charge is -2.30. The molecule has 11 amide bonds. The lowest BCUT2D eigenvalue weighted by molar-refractivity contribution is -0.142. The Kier molecular flexibility index (Phi) is 41.6. The first kappa shape index (κ1) is 87.7. The molecule has 0 spiro atoms. The van der Waals surface area contributed by atoms with Gasteiger partial charge < -0.3 is 96.6 Å². The van der Waals surface area contributed by atoms with E-state index in [4.69, 9.17) is 22.9 Å². The number of carboxylic acid groups (broad SMARTS) is 1. The van der Waals surface area contributed by atoms with E-state index in [0.717, 1.165) is 0 Å². The third kappa shape index (κ3) is 34.6. The first-order chi connectivity index (χ1) is 45.5. The van der Waals surface area contributed by atoms with E-state index < -0.39 is 155 Å². The van der Waals surface area contributed by atoms with Gasteiger partial charge in [0.25, 0.3) is 0 Å². The lowest BCUT2D eigenvalue weighted by Crippen LogP contribution is -2.62. The van der Waals surface area contributed by atoms with Crippen LogP contribution >= 0.6 is 0 Å². The van der Waals surface area contributed by atoms with E-state index >= 15 is 0 Å². The van der Waals surface area contributed by atoms with Crippen LogP contribution in [-0.4, -0.2) is 189 Å². The van der Waals surface area contributed by atoms with Crippen LogP contribution in [0, 0.1) is 35.5 Å². The van der Waals surface area contributed by atoms with E-state index in [9.17, 15) is 67.7 Å². The summed E-state index contributed by atoms with van der Waals surface area (Å²) >= 11 is 0. The molecular weight excluding hydrogens is 1250 g/mol. The second-order valence-corrected chi connectivity index (χ2v) is 27.9. The normalized spacial score (nSPS) is 15.6. The van der Waals surface area contributed by atoms with Crippen molar-refractivity contribution in [3.63, 3.8) is 0 Å². The molecule has 554 valence electrons. The summed E-state index contributed by atoms with van der Waals surface area (Å²) < 4.78 is 0. The number of carbonyl (C=O) groups excluding carboxylic acids is 11. The maximum absolute atomic E-state index is 14.7. The SMILES string of the molecule is CC(C)C[C@H](NC(=O)[C@H](CCCCN)NC(=O)[C@H](Cc1cnc[nH]1)NC(=O)[C@H](CCCCN)NC(=O)[C@H](CC(C)C)NC(=O)[C@H](CC(C)C)NC(=O)[C@@H](N)CCCCN)C(=O)N[C@@H](CC(C)C)C(=O)N[C@H](C(=O)N[C@H](C(=O)N[C@@H](CC(C)C)C(=O)N[C@@H](C)C(=O)O)[C@@H](C)O)C(C)C. The quantitative estimate of drug-likeness (QED) is 0.0361. The number of aromatic amines is 1. The van der Waals surface area contributed by atoms with Gasteiger partial charge in [-0.3, -0.25) is 57.5 Å². The highest BCUT2D eigenvalue weighted by Crippen LogP contribution is 2.16. The van der Waals surface area contributed by atoms with Gasteiger partial charge in [0.1, 0.15) is 66.5 Å². The molecule has 1 rings (SSSR count). The van der Waals surface area contributed by atoms with E-state index in [1.165, 1.54) is 26.4 Å². The number of carboxylic acids is 1. The second kappa shape index (κ2) is 46.0. The lowest BCUT2D eigenvalue weighted by atomic mass is 9.98. The minimum Gasteiger partial charge on any atom is -0.480 e. The maximum atomic E-state index is 14.7. The number of amides is 11. The monoisotopic (exact) mass is 1380 g/mol. The predicted octanol–water partition coefficient (Wildman–Crippen LogP) is -0.629. The van der Waals surface area contributed by atoms with Crippen LogP contribution in [-0.2, 0) is 64.0 Å². The van der Waals surface area contributed by atoms with Gasteiger partial charge in [-0.2, -0.15) is 0 Å². The number of carbonyl (C=O) groups is 12. The third-order valence-electron chi connectivity index (χ3n) is 15.8. The molecule has 0 aromatic carbocycles. The molecular formula is C66H121N17O14. The number of H-pyrrole nitrogens is 1. The summed E-state index contributed by atoms with van der Waals surface area (Å²) in [7, 11) is 0. The summed E-state index contributed by atoms with van der Waals surface area (Å²) in [5.74, 6) is -11.2. The maximum Gasteiger partial charge on any atom is 0.325 e. The third-order valence-corrected chi connectivity index (χ3v) is 15.8. The van der Waals surface area contributed by atoms with Gasteiger partial charge in [-0.05, 0) is 152 Å². The van der Waals surface area contributed by atoms with E-state index in [0.29, 0.717) is 57.2 Å². The summed E-state index contributed by atoms with van der Waals surface area (Å²) in [5, 5.41) is 49.6. The Morgan fingerprint density at radius 1 is 0.392 bits per heavy atom. The fourth-order valence-electron chi connectivity index (χ4n) is 10.5. The number of hydrogen-bond donors (Lipinski definition) is 18. The number of nitrogens with one attached hydrogen (secondary N) is 12. The van der Waals surface area contributed by atoms with Crippen molar-refractivity contribution in [2.24, 2.45) is 58.4 Å². The van der Waals surface area contributed by atoms with Gasteiger partial charge in [-0.25, -0.2) is 4.98 Å². The zero-order valence-electron chi connectivity index (χ0n) is 59.9. The van der Waals surface area contributed by atoms with Gasteiger partial charge >= 0.3 is 5.97 Å². The van der Waals surface area contributed by atoms with Crippen LogP contribution in [0.2, 0.25) is 0 Å². The number of aliphatic hydroxyl groups is 1. The number of hydrogen-bond acceptors (Lipinski definition) is 18. The van der Waals surface area contributed by atoms with Crippen molar-refractivity contribution in [2.45, 2.75) is 272 Å². The first-order valence-electron chi connectivity index (χ1n) is 34.5.